The van der Waals surface area contributed by atoms with E-state index in [-0.39, 0.29) is 0 Å². The van der Waals surface area contributed by atoms with Crippen LogP contribution in [0.2, 0.25) is 0 Å². The third-order valence-corrected chi connectivity index (χ3v) is 4.27. The van der Waals surface area contributed by atoms with Crippen molar-refractivity contribution < 1.29 is 0 Å². The highest BCUT2D eigenvalue weighted by atomic mass is 14.2. The summed E-state index contributed by atoms with van der Waals surface area (Å²) in [6, 6.07) is 0. The van der Waals surface area contributed by atoms with Crippen LogP contribution in [0.15, 0.2) is 0 Å². The van der Waals surface area contributed by atoms with E-state index >= 15 is 0 Å². The molecule has 0 amide bonds. The van der Waals surface area contributed by atoms with Crippen molar-refractivity contribution in [3.05, 3.63) is 33.4 Å². The van der Waals surface area contributed by atoms with Crippen LogP contribution in [-0.4, -0.2) is 0 Å². The van der Waals surface area contributed by atoms with Gasteiger partial charge in [-0.3, -0.25) is 0 Å². The average Bonchev–Trinajstić information content (AvgIpc) is 2.36. The van der Waals surface area contributed by atoms with Crippen LogP contribution in [0.3, 0.4) is 0 Å². The fourth-order valence-electron chi connectivity index (χ4n) is 3.66. The monoisotopic (exact) mass is 246 g/mol. The van der Waals surface area contributed by atoms with Crippen LogP contribution < -0.4 is 0 Å². The maximum absolute atomic E-state index is 2.34. The van der Waals surface area contributed by atoms with Gasteiger partial charge in [-0.05, 0) is 71.9 Å². The molecule has 0 aliphatic carbocycles. The second kappa shape index (κ2) is 6.41. The van der Waals surface area contributed by atoms with Gasteiger partial charge in [0, 0.05) is 0 Å². The lowest BCUT2D eigenvalue weighted by atomic mass is 9.80. The number of hydrogen-bond donors (Lipinski definition) is 0. The Morgan fingerprint density at radius 3 is 1.39 bits per heavy atom. The molecule has 1 aromatic carbocycles. The molecule has 0 aliphatic rings. The van der Waals surface area contributed by atoms with Crippen molar-refractivity contribution in [3.8, 4) is 0 Å². The number of rotatable bonds is 5. The zero-order chi connectivity index (χ0) is 13.9. The summed E-state index contributed by atoms with van der Waals surface area (Å²) in [6.07, 6.45) is 4.71. The molecule has 0 saturated heterocycles. The minimum absolute atomic E-state index is 0.640. The molecule has 0 radical (unpaired) electrons. The van der Waals surface area contributed by atoms with Gasteiger partial charge in [0.2, 0.25) is 0 Å². The van der Waals surface area contributed by atoms with E-state index in [4.69, 9.17) is 0 Å². The zero-order valence-electron chi connectivity index (χ0n) is 13.4. The molecule has 0 heteroatoms. The maximum Gasteiger partial charge on any atom is -0.0213 e. The molecule has 102 valence electrons. The second-order valence-electron chi connectivity index (χ2n) is 5.52. The van der Waals surface area contributed by atoms with E-state index in [0.717, 1.165) is 0 Å². The first-order valence-electron chi connectivity index (χ1n) is 7.69. The van der Waals surface area contributed by atoms with E-state index in [1.54, 1.807) is 33.4 Å². The Labute approximate surface area is 114 Å². The lowest BCUT2D eigenvalue weighted by molar-refractivity contribution is 0.807. The molecule has 0 bridgehead atoms. The van der Waals surface area contributed by atoms with Crippen molar-refractivity contribution in [3.63, 3.8) is 0 Å². The van der Waals surface area contributed by atoms with Gasteiger partial charge < -0.3 is 0 Å². The first-order valence-corrected chi connectivity index (χ1v) is 7.69. The summed E-state index contributed by atoms with van der Waals surface area (Å²) in [7, 11) is 0. The van der Waals surface area contributed by atoms with Gasteiger partial charge in [-0.15, -0.1) is 0 Å². The molecule has 1 aromatic rings. The lowest BCUT2D eigenvalue weighted by Crippen LogP contribution is -2.11. The van der Waals surface area contributed by atoms with E-state index < -0.39 is 0 Å². The first-order chi connectivity index (χ1) is 8.53. The van der Waals surface area contributed by atoms with Crippen molar-refractivity contribution in [2.75, 3.05) is 0 Å². The van der Waals surface area contributed by atoms with Gasteiger partial charge in [0.15, 0.2) is 0 Å². The normalized spacial score (nSPS) is 11.3. The SMILES string of the molecule is CCc1c(C)c(C(C)C)c(CC)c(CC)c1CC. The van der Waals surface area contributed by atoms with Crippen LogP contribution >= 0.6 is 0 Å². The highest BCUT2D eigenvalue weighted by Crippen LogP contribution is 2.34. The van der Waals surface area contributed by atoms with Crippen LogP contribution in [0.25, 0.3) is 0 Å². The molecular weight excluding hydrogens is 216 g/mol. The Morgan fingerprint density at radius 2 is 1.06 bits per heavy atom. The summed E-state index contributed by atoms with van der Waals surface area (Å²) in [5, 5.41) is 0. The highest BCUT2D eigenvalue weighted by Gasteiger charge is 2.19. The summed E-state index contributed by atoms with van der Waals surface area (Å²) >= 11 is 0. The maximum atomic E-state index is 2.34. The van der Waals surface area contributed by atoms with Crippen molar-refractivity contribution >= 4 is 0 Å². The highest BCUT2D eigenvalue weighted by molar-refractivity contribution is 5.53. The molecule has 0 unspecified atom stereocenters. The van der Waals surface area contributed by atoms with E-state index in [2.05, 4.69) is 48.5 Å². The topological polar surface area (TPSA) is 0 Å². The van der Waals surface area contributed by atoms with Gasteiger partial charge in [0.05, 0.1) is 0 Å². The van der Waals surface area contributed by atoms with Gasteiger partial charge >= 0.3 is 0 Å². The first kappa shape index (κ1) is 15.3. The van der Waals surface area contributed by atoms with Crippen LogP contribution in [0.4, 0.5) is 0 Å². The molecule has 0 nitrogen and oxygen atoms in total. The van der Waals surface area contributed by atoms with E-state index in [1.165, 1.54) is 25.7 Å². The van der Waals surface area contributed by atoms with Gasteiger partial charge in [0.25, 0.3) is 0 Å². The quantitative estimate of drug-likeness (QED) is 0.655. The molecule has 1 rings (SSSR count). The van der Waals surface area contributed by atoms with Crippen LogP contribution in [-0.2, 0) is 25.7 Å². The molecule has 18 heavy (non-hydrogen) atoms. The predicted octanol–water partition coefficient (Wildman–Crippen LogP) is 5.37. The van der Waals surface area contributed by atoms with Gasteiger partial charge in [-0.1, -0.05) is 41.5 Å². The van der Waals surface area contributed by atoms with Crippen molar-refractivity contribution in [2.45, 2.75) is 80.1 Å². The van der Waals surface area contributed by atoms with Crippen molar-refractivity contribution in [1.82, 2.24) is 0 Å². The zero-order valence-corrected chi connectivity index (χ0v) is 13.4. The molecule has 0 atom stereocenters. The standard InChI is InChI=1S/C18H30/c1-8-14-13(7)18(12(5)6)17(11-4)16(10-3)15(14)9-2/h12H,8-11H2,1-7H3. The molecule has 0 aliphatic heterocycles. The molecule has 0 fully saturated rings. The van der Waals surface area contributed by atoms with E-state index in [9.17, 15) is 0 Å². The van der Waals surface area contributed by atoms with Gasteiger partial charge in [-0.25, -0.2) is 0 Å². The Balaban J connectivity index is 3.73. The largest absolute Gasteiger partial charge is 0.0613 e. The summed E-state index contributed by atoms with van der Waals surface area (Å²) in [6.45, 7) is 16.2. The van der Waals surface area contributed by atoms with Crippen LogP contribution in [0, 0.1) is 6.92 Å². The van der Waals surface area contributed by atoms with E-state index in [0.29, 0.717) is 5.92 Å². The Kier molecular flexibility index (Phi) is 5.44. The fourth-order valence-corrected chi connectivity index (χ4v) is 3.66. The Hall–Kier alpha value is -0.780. The Bertz CT molecular complexity index is 411. The van der Waals surface area contributed by atoms with Gasteiger partial charge in [0.1, 0.15) is 0 Å². The van der Waals surface area contributed by atoms with E-state index in [1.807, 2.05) is 0 Å². The van der Waals surface area contributed by atoms with Crippen LogP contribution in [0.1, 0.15) is 80.8 Å². The average molecular weight is 246 g/mol. The second-order valence-corrected chi connectivity index (χ2v) is 5.52. The fraction of sp³-hybridized carbons (Fsp3) is 0.667. The van der Waals surface area contributed by atoms with Crippen LogP contribution in [0.5, 0.6) is 0 Å². The number of hydrogen-bond acceptors (Lipinski definition) is 0. The third kappa shape index (κ3) is 2.48. The minimum atomic E-state index is 0.640. The predicted molar refractivity (Wildman–Crippen MR) is 82.8 cm³/mol. The smallest absolute Gasteiger partial charge is 0.0213 e. The molecular formula is C18H30. The summed E-state index contributed by atoms with van der Waals surface area (Å²) in [5.74, 6) is 0.640. The number of benzene rings is 1. The molecule has 0 spiro atoms. The molecule has 0 aromatic heterocycles. The summed E-state index contributed by atoms with van der Waals surface area (Å²) < 4.78 is 0. The minimum Gasteiger partial charge on any atom is -0.0613 e. The molecule has 0 saturated carbocycles. The van der Waals surface area contributed by atoms with Gasteiger partial charge in [-0.2, -0.15) is 0 Å². The molecule has 0 N–H and O–H groups in total. The van der Waals surface area contributed by atoms with Crippen molar-refractivity contribution in [1.29, 1.82) is 0 Å². The molecule has 0 heterocycles. The third-order valence-electron chi connectivity index (χ3n) is 4.27. The Morgan fingerprint density at radius 1 is 0.667 bits per heavy atom. The lowest BCUT2D eigenvalue weighted by Gasteiger charge is -2.25. The summed E-state index contributed by atoms with van der Waals surface area (Å²) in [5.41, 5.74) is 9.74. The summed E-state index contributed by atoms with van der Waals surface area (Å²) in [4.78, 5) is 0. The van der Waals surface area contributed by atoms with Crippen molar-refractivity contribution in [2.24, 2.45) is 0 Å².